The summed E-state index contributed by atoms with van der Waals surface area (Å²) in [7, 11) is 1.83. The van der Waals surface area contributed by atoms with E-state index in [9.17, 15) is 9.59 Å². The van der Waals surface area contributed by atoms with Crippen LogP contribution in [0.1, 0.15) is 31.7 Å². The first-order chi connectivity index (χ1) is 14.5. The molecule has 2 aromatic rings. The average molecular weight is 412 g/mol. The number of likely N-dealkylation sites (tertiary alicyclic amines) is 1. The molecule has 1 aliphatic rings. The van der Waals surface area contributed by atoms with E-state index in [4.69, 9.17) is 9.47 Å². The number of hydrogen-bond acceptors (Lipinski definition) is 5. The lowest BCUT2D eigenvalue weighted by Gasteiger charge is -2.40. The van der Waals surface area contributed by atoms with E-state index >= 15 is 0 Å². The molecule has 1 unspecified atom stereocenters. The standard InChI is InChI=1S/C23H29N3O4/c1-3-29-22(28)23(13-15-30-20-8-5-4-6-9-20)12-7-14-26(18-23)21(27)11-10-19-16-24-25(2)17-19/h4-6,8-11,16-17H,3,7,12-15,18H2,1-2H3/b11-10+. The molecule has 7 nitrogen and oxygen atoms in total. The molecule has 0 N–H and O–H groups in total. The molecule has 0 bridgehead atoms. The van der Waals surface area contributed by atoms with Gasteiger partial charge in [-0.1, -0.05) is 18.2 Å². The molecule has 0 aliphatic carbocycles. The molecule has 0 spiro atoms. The highest BCUT2D eigenvalue weighted by atomic mass is 16.5. The number of carbonyl (C=O) groups excluding carboxylic acids is 2. The fourth-order valence-electron chi connectivity index (χ4n) is 3.76. The van der Waals surface area contributed by atoms with E-state index in [0.29, 0.717) is 39.1 Å². The SMILES string of the molecule is CCOC(=O)C1(CCOc2ccccc2)CCCN(C(=O)/C=C/c2cnn(C)c2)C1. The first-order valence-electron chi connectivity index (χ1n) is 10.3. The summed E-state index contributed by atoms with van der Waals surface area (Å²) < 4.78 is 12.9. The van der Waals surface area contributed by atoms with Gasteiger partial charge in [0, 0.05) is 38.0 Å². The number of piperidine rings is 1. The molecule has 1 aliphatic heterocycles. The minimum Gasteiger partial charge on any atom is -0.494 e. The zero-order chi connectivity index (χ0) is 21.4. The van der Waals surface area contributed by atoms with Crippen molar-refractivity contribution in [1.82, 2.24) is 14.7 Å². The largest absolute Gasteiger partial charge is 0.494 e. The molecule has 7 heteroatoms. The van der Waals surface area contributed by atoms with Crippen LogP contribution in [-0.2, 0) is 21.4 Å². The van der Waals surface area contributed by atoms with Gasteiger partial charge in [0.2, 0.25) is 5.91 Å². The summed E-state index contributed by atoms with van der Waals surface area (Å²) in [6.45, 7) is 3.46. The van der Waals surface area contributed by atoms with Gasteiger partial charge in [0.25, 0.3) is 0 Å². The van der Waals surface area contributed by atoms with Crippen LogP contribution in [0, 0.1) is 5.41 Å². The van der Waals surface area contributed by atoms with E-state index in [1.165, 1.54) is 0 Å². The van der Waals surface area contributed by atoms with Crippen molar-refractivity contribution in [2.45, 2.75) is 26.2 Å². The number of rotatable bonds is 8. The smallest absolute Gasteiger partial charge is 0.314 e. The van der Waals surface area contributed by atoms with Gasteiger partial charge in [-0.15, -0.1) is 0 Å². The summed E-state index contributed by atoms with van der Waals surface area (Å²) in [6.07, 6.45) is 8.74. The molecule has 160 valence electrons. The van der Waals surface area contributed by atoms with Crippen molar-refractivity contribution in [2.75, 3.05) is 26.3 Å². The lowest BCUT2D eigenvalue weighted by atomic mass is 9.77. The van der Waals surface area contributed by atoms with Crippen LogP contribution >= 0.6 is 0 Å². The quantitative estimate of drug-likeness (QED) is 0.493. The molecular formula is C23H29N3O4. The fourth-order valence-corrected chi connectivity index (χ4v) is 3.76. The highest BCUT2D eigenvalue weighted by Gasteiger charge is 2.44. The lowest BCUT2D eigenvalue weighted by Crippen LogP contribution is -2.50. The van der Waals surface area contributed by atoms with Crippen LogP contribution in [0.4, 0.5) is 0 Å². The first kappa shape index (κ1) is 21.6. The second-order valence-electron chi connectivity index (χ2n) is 7.56. The average Bonchev–Trinajstić information content (AvgIpc) is 3.18. The number of carbonyl (C=O) groups is 2. The Morgan fingerprint density at radius 2 is 2.07 bits per heavy atom. The Bertz CT molecular complexity index is 878. The molecular weight excluding hydrogens is 382 g/mol. The van der Waals surface area contributed by atoms with Crippen molar-refractivity contribution >= 4 is 18.0 Å². The second kappa shape index (κ2) is 10.1. The van der Waals surface area contributed by atoms with Crippen molar-refractivity contribution in [3.63, 3.8) is 0 Å². The van der Waals surface area contributed by atoms with Crippen molar-refractivity contribution in [3.05, 3.63) is 54.4 Å². The Balaban J connectivity index is 1.67. The molecule has 1 amide bonds. The number of nitrogens with zero attached hydrogens (tertiary/aromatic N) is 3. The summed E-state index contributed by atoms with van der Waals surface area (Å²) in [4.78, 5) is 27.4. The third kappa shape index (κ3) is 5.49. The van der Waals surface area contributed by atoms with E-state index in [2.05, 4.69) is 5.10 Å². The molecule has 0 saturated carbocycles. The Kier molecular flexibility index (Phi) is 7.27. The van der Waals surface area contributed by atoms with Gasteiger partial charge in [-0.2, -0.15) is 5.10 Å². The van der Waals surface area contributed by atoms with Gasteiger partial charge >= 0.3 is 5.97 Å². The summed E-state index contributed by atoms with van der Waals surface area (Å²) in [5.74, 6) is 0.395. The molecule has 1 atom stereocenters. The summed E-state index contributed by atoms with van der Waals surface area (Å²) in [5.41, 5.74) is 0.108. The maximum Gasteiger partial charge on any atom is 0.314 e. The van der Waals surface area contributed by atoms with E-state index in [0.717, 1.165) is 17.7 Å². The third-order valence-corrected chi connectivity index (χ3v) is 5.33. The van der Waals surface area contributed by atoms with Gasteiger partial charge < -0.3 is 14.4 Å². The zero-order valence-corrected chi connectivity index (χ0v) is 17.6. The van der Waals surface area contributed by atoms with Crippen molar-refractivity contribution in [3.8, 4) is 5.75 Å². The van der Waals surface area contributed by atoms with Crippen LogP contribution < -0.4 is 4.74 Å². The van der Waals surface area contributed by atoms with Crippen LogP contribution in [0.5, 0.6) is 5.75 Å². The van der Waals surface area contributed by atoms with Crippen LogP contribution in [-0.4, -0.2) is 52.9 Å². The Morgan fingerprint density at radius 3 is 2.77 bits per heavy atom. The van der Waals surface area contributed by atoms with Crippen molar-refractivity contribution in [1.29, 1.82) is 0 Å². The number of hydrogen-bond donors (Lipinski definition) is 0. The molecule has 1 saturated heterocycles. The molecule has 1 aromatic carbocycles. The molecule has 1 aromatic heterocycles. The van der Waals surface area contributed by atoms with Crippen LogP contribution in [0.15, 0.2) is 48.8 Å². The van der Waals surface area contributed by atoms with E-state index in [-0.39, 0.29) is 11.9 Å². The predicted octanol–water partition coefficient (Wildman–Crippen LogP) is 3.07. The monoisotopic (exact) mass is 411 g/mol. The van der Waals surface area contributed by atoms with Gasteiger partial charge in [0.1, 0.15) is 5.75 Å². The zero-order valence-electron chi connectivity index (χ0n) is 17.6. The van der Waals surface area contributed by atoms with Crippen LogP contribution in [0.25, 0.3) is 6.08 Å². The minimum absolute atomic E-state index is 0.115. The Labute approximate surface area is 177 Å². The molecule has 0 radical (unpaired) electrons. The summed E-state index contributed by atoms with van der Waals surface area (Å²) in [6, 6.07) is 9.52. The predicted molar refractivity (Wildman–Crippen MR) is 114 cm³/mol. The molecule has 2 heterocycles. The fraction of sp³-hybridized carbons (Fsp3) is 0.435. The highest BCUT2D eigenvalue weighted by Crippen LogP contribution is 2.35. The number of amides is 1. The highest BCUT2D eigenvalue weighted by molar-refractivity contribution is 5.92. The van der Waals surface area contributed by atoms with Gasteiger partial charge in [0.05, 0.1) is 24.8 Å². The van der Waals surface area contributed by atoms with Crippen molar-refractivity contribution in [2.24, 2.45) is 12.5 Å². The van der Waals surface area contributed by atoms with Gasteiger partial charge in [-0.05, 0) is 44.4 Å². The van der Waals surface area contributed by atoms with Gasteiger partial charge in [-0.25, -0.2) is 0 Å². The molecule has 3 rings (SSSR count). The van der Waals surface area contributed by atoms with Crippen LogP contribution in [0.2, 0.25) is 0 Å². The normalized spacial score (nSPS) is 19.1. The van der Waals surface area contributed by atoms with E-state index in [1.54, 1.807) is 34.9 Å². The summed E-state index contributed by atoms with van der Waals surface area (Å²) in [5, 5.41) is 4.10. The summed E-state index contributed by atoms with van der Waals surface area (Å²) >= 11 is 0. The van der Waals surface area contributed by atoms with Crippen LogP contribution in [0.3, 0.4) is 0 Å². The number of para-hydroxylation sites is 1. The molecule has 30 heavy (non-hydrogen) atoms. The Morgan fingerprint density at radius 1 is 1.27 bits per heavy atom. The molecule has 1 fully saturated rings. The van der Waals surface area contributed by atoms with Crippen molar-refractivity contribution < 1.29 is 19.1 Å². The van der Waals surface area contributed by atoms with Gasteiger partial charge in [-0.3, -0.25) is 14.3 Å². The topological polar surface area (TPSA) is 73.7 Å². The van der Waals surface area contributed by atoms with Gasteiger partial charge in [0.15, 0.2) is 0 Å². The number of benzene rings is 1. The number of aryl methyl sites for hydroxylation is 1. The minimum atomic E-state index is -0.749. The maximum atomic E-state index is 12.9. The third-order valence-electron chi connectivity index (χ3n) is 5.33. The van der Waals surface area contributed by atoms with E-state index < -0.39 is 5.41 Å². The number of ether oxygens (including phenoxy) is 2. The van der Waals surface area contributed by atoms with E-state index in [1.807, 2.05) is 43.6 Å². The second-order valence-corrected chi connectivity index (χ2v) is 7.56. The number of esters is 1. The maximum absolute atomic E-state index is 12.9. The Hall–Kier alpha value is -3.09. The lowest BCUT2D eigenvalue weighted by molar-refractivity contribution is -0.161. The first-order valence-corrected chi connectivity index (χ1v) is 10.3. The number of aromatic nitrogens is 2.